The number of amides is 1. The molecule has 0 aliphatic heterocycles. The molecule has 2 aromatic carbocycles. The first-order chi connectivity index (χ1) is 19.7. The van der Waals surface area contributed by atoms with Gasteiger partial charge in [0.15, 0.2) is 0 Å². The number of halogens is 1. The number of likely N-dealkylation sites (N-methyl/N-ethyl adjacent to an activating group) is 1. The summed E-state index contributed by atoms with van der Waals surface area (Å²) in [5.41, 5.74) is 0.846. The molecule has 224 valence electrons. The summed E-state index contributed by atoms with van der Waals surface area (Å²) < 4.78 is 47.7. The van der Waals surface area contributed by atoms with E-state index in [1.807, 2.05) is 0 Å². The molecule has 9 nitrogen and oxygen atoms in total. The van der Waals surface area contributed by atoms with Crippen LogP contribution in [0.2, 0.25) is 0 Å². The maximum atomic E-state index is 15.7. The zero-order valence-electron chi connectivity index (χ0n) is 24.9. The summed E-state index contributed by atoms with van der Waals surface area (Å²) in [7, 11) is -0.621. The third kappa shape index (κ3) is 6.79. The Hall–Kier alpha value is -3.83. The third-order valence-electron chi connectivity index (χ3n) is 6.82. The van der Waals surface area contributed by atoms with Crippen LogP contribution in [0.4, 0.5) is 4.39 Å². The van der Waals surface area contributed by atoms with Gasteiger partial charge in [-0.1, -0.05) is 43.7 Å². The third-order valence-corrected chi connectivity index (χ3v) is 8.63. The van der Waals surface area contributed by atoms with Gasteiger partial charge in [0.05, 0.1) is 17.0 Å². The Morgan fingerprint density at radius 3 is 2.45 bits per heavy atom. The molecule has 0 aliphatic carbocycles. The van der Waals surface area contributed by atoms with E-state index in [1.54, 1.807) is 82.0 Å². The highest BCUT2D eigenvalue weighted by Crippen LogP contribution is 2.30. The van der Waals surface area contributed by atoms with Gasteiger partial charge < -0.3 is 14.0 Å². The van der Waals surface area contributed by atoms with E-state index in [1.165, 1.54) is 21.6 Å². The fourth-order valence-corrected chi connectivity index (χ4v) is 6.39. The number of hydrogen-bond donors (Lipinski definition) is 1. The zero-order chi connectivity index (χ0) is 30.8. The van der Waals surface area contributed by atoms with Gasteiger partial charge in [-0.05, 0) is 51.0 Å². The number of imidazole rings is 1. The second-order valence-electron chi connectivity index (χ2n) is 11.6. The molecule has 0 bridgehead atoms. The molecule has 0 atom stereocenters. The molecule has 0 radical (unpaired) electrons. The number of unbranched alkanes of at least 4 members (excludes halogenated alkanes) is 1. The minimum Gasteiger partial charge on any atom is -0.347 e. The minimum atomic E-state index is -3.87. The zero-order valence-corrected chi connectivity index (χ0v) is 25.8. The second-order valence-corrected chi connectivity index (χ2v) is 13.3. The van der Waals surface area contributed by atoms with Crippen LogP contribution in [0.5, 0.6) is 0 Å². The van der Waals surface area contributed by atoms with Crippen LogP contribution in [-0.4, -0.2) is 53.0 Å². The Morgan fingerprint density at radius 1 is 1.10 bits per heavy atom. The molecule has 0 spiro atoms. The number of aromatic nitrogens is 3. The highest BCUT2D eigenvalue weighted by Gasteiger charge is 2.25. The van der Waals surface area contributed by atoms with Crippen LogP contribution < -0.4 is 10.3 Å². The number of rotatable bonds is 10. The monoisotopic (exact) mass is 595 g/mol. The molecule has 0 unspecified atom stereocenters. The van der Waals surface area contributed by atoms with Gasteiger partial charge in [0, 0.05) is 43.4 Å². The highest BCUT2D eigenvalue weighted by molar-refractivity contribution is 7.89. The van der Waals surface area contributed by atoms with Crippen LogP contribution >= 0.6 is 0 Å². The number of benzene rings is 2. The first-order valence-corrected chi connectivity index (χ1v) is 15.4. The number of carbonyl (C=O) groups is 1. The van der Waals surface area contributed by atoms with Crippen molar-refractivity contribution in [2.75, 3.05) is 14.1 Å². The summed E-state index contributed by atoms with van der Waals surface area (Å²) in [6, 6.07) is 12.8. The maximum Gasteiger partial charge on any atom is 0.277 e. The second kappa shape index (κ2) is 12.2. The van der Waals surface area contributed by atoms with Crippen molar-refractivity contribution in [2.24, 2.45) is 0 Å². The Bertz CT molecular complexity index is 1790. The number of hydrogen-bond acceptors (Lipinski definition) is 5. The molecule has 42 heavy (non-hydrogen) atoms. The average Bonchev–Trinajstić information content (AvgIpc) is 3.26. The van der Waals surface area contributed by atoms with Crippen LogP contribution in [0, 0.1) is 5.82 Å². The molecule has 0 fully saturated rings. The van der Waals surface area contributed by atoms with Crippen LogP contribution in [0.15, 0.2) is 64.4 Å². The Kier molecular flexibility index (Phi) is 9.03. The molecule has 4 aromatic rings. The first-order valence-electron chi connectivity index (χ1n) is 13.9. The Balaban J connectivity index is 1.77. The standard InChI is InChI=1S/C31H38FN5O4S/c1-7-8-13-27-33-25-16-17-36(20-28(38)35(5)6)30(39)29(25)37(27)19-22-15-14-21(18-24(22)32)23-11-9-10-12-26(23)42(40,41)34-31(2,3)4/h9-12,14-18,34H,7-8,13,19-20H2,1-6H3. The largest absolute Gasteiger partial charge is 0.347 e. The summed E-state index contributed by atoms with van der Waals surface area (Å²) in [6.45, 7) is 7.25. The van der Waals surface area contributed by atoms with Gasteiger partial charge in [0.2, 0.25) is 15.9 Å². The molecule has 2 aromatic heterocycles. The van der Waals surface area contributed by atoms with E-state index in [-0.39, 0.29) is 29.5 Å². The molecule has 4 rings (SSSR count). The van der Waals surface area contributed by atoms with Crippen LogP contribution in [0.1, 0.15) is 51.9 Å². The molecule has 0 saturated carbocycles. The number of sulfonamides is 1. The molecule has 11 heteroatoms. The molecule has 1 N–H and O–H groups in total. The summed E-state index contributed by atoms with van der Waals surface area (Å²) in [5.74, 6) is -0.102. The average molecular weight is 596 g/mol. The quantitative estimate of drug-likeness (QED) is 0.289. The summed E-state index contributed by atoms with van der Waals surface area (Å²) in [4.78, 5) is 32.0. The first kappa shape index (κ1) is 31.1. The normalized spacial score (nSPS) is 12.2. The van der Waals surface area contributed by atoms with Crippen LogP contribution in [0.25, 0.3) is 22.2 Å². The number of nitrogens with zero attached hydrogens (tertiary/aromatic N) is 4. The lowest BCUT2D eigenvalue weighted by atomic mass is 10.0. The lowest BCUT2D eigenvalue weighted by Gasteiger charge is -2.21. The van der Waals surface area contributed by atoms with E-state index in [4.69, 9.17) is 0 Å². The van der Waals surface area contributed by atoms with Gasteiger partial charge in [-0.25, -0.2) is 22.5 Å². The lowest BCUT2D eigenvalue weighted by molar-refractivity contribution is -0.129. The molecule has 1 amide bonds. The number of carbonyl (C=O) groups excluding carboxylic acids is 1. The fraction of sp³-hybridized carbons (Fsp3) is 0.387. The Morgan fingerprint density at radius 2 is 1.81 bits per heavy atom. The van der Waals surface area contributed by atoms with Gasteiger partial charge in [0.25, 0.3) is 5.56 Å². The predicted molar refractivity (Wildman–Crippen MR) is 162 cm³/mol. The van der Waals surface area contributed by atoms with Gasteiger partial charge in [-0.15, -0.1) is 0 Å². The van der Waals surface area contributed by atoms with E-state index >= 15 is 4.39 Å². The minimum absolute atomic E-state index is 0.0497. The van der Waals surface area contributed by atoms with E-state index < -0.39 is 21.4 Å². The Labute approximate surface area is 246 Å². The number of nitrogens with one attached hydrogen (secondary N) is 1. The van der Waals surface area contributed by atoms with Crippen molar-refractivity contribution >= 4 is 27.0 Å². The van der Waals surface area contributed by atoms with E-state index in [2.05, 4.69) is 16.6 Å². The summed E-state index contributed by atoms with van der Waals surface area (Å²) in [6.07, 6.45) is 3.92. The molecule has 0 saturated heterocycles. The van der Waals surface area contributed by atoms with E-state index in [0.29, 0.717) is 40.0 Å². The van der Waals surface area contributed by atoms with Crippen LogP contribution in [0.3, 0.4) is 0 Å². The number of aryl methyl sites for hydroxylation is 1. The summed E-state index contributed by atoms with van der Waals surface area (Å²) in [5, 5.41) is 0. The van der Waals surface area contributed by atoms with Crippen molar-refractivity contribution in [3.8, 4) is 11.1 Å². The van der Waals surface area contributed by atoms with Crippen molar-refractivity contribution in [2.45, 2.75) is 70.5 Å². The topological polar surface area (TPSA) is 106 Å². The van der Waals surface area contributed by atoms with Gasteiger partial charge >= 0.3 is 0 Å². The molecule has 0 aliphatic rings. The maximum absolute atomic E-state index is 15.7. The summed E-state index contributed by atoms with van der Waals surface area (Å²) >= 11 is 0. The van der Waals surface area contributed by atoms with E-state index in [9.17, 15) is 18.0 Å². The van der Waals surface area contributed by atoms with Crippen molar-refractivity contribution < 1.29 is 17.6 Å². The van der Waals surface area contributed by atoms with Crippen molar-refractivity contribution in [3.63, 3.8) is 0 Å². The SMILES string of the molecule is CCCCc1nc2ccn(CC(=O)N(C)C)c(=O)c2n1Cc1ccc(-c2ccccc2S(=O)(=O)NC(C)(C)C)cc1F. The van der Waals surface area contributed by atoms with Crippen molar-refractivity contribution in [1.29, 1.82) is 0 Å². The van der Waals surface area contributed by atoms with Gasteiger partial charge in [-0.3, -0.25) is 9.59 Å². The highest BCUT2D eigenvalue weighted by atomic mass is 32.2. The van der Waals surface area contributed by atoms with Crippen molar-refractivity contribution in [1.82, 2.24) is 23.7 Å². The predicted octanol–water partition coefficient (Wildman–Crippen LogP) is 4.56. The van der Waals surface area contributed by atoms with Crippen molar-refractivity contribution in [3.05, 3.63) is 82.3 Å². The van der Waals surface area contributed by atoms with E-state index in [0.717, 1.165) is 12.8 Å². The lowest BCUT2D eigenvalue weighted by Crippen LogP contribution is -2.40. The van der Waals surface area contributed by atoms with Gasteiger partial charge in [0.1, 0.15) is 23.7 Å². The van der Waals surface area contributed by atoms with Crippen LogP contribution in [-0.2, 0) is 34.3 Å². The fourth-order valence-electron chi connectivity index (χ4n) is 4.74. The van der Waals surface area contributed by atoms with Gasteiger partial charge in [-0.2, -0.15) is 0 Å². The molecular formula is C31H38FN5O4S. The number of fused-ring (bicyclic) bond motifs is 1. The smallest absolute Gasteiger partial charge is 0.277 e. The molecular weight excluding hydrogens is 557 g/mol. The number of pyridine rings is 1. The molecule has 2 heterocycles.